The number of carbonyl (C=O) groups excluding carboxylic acids is 3. The average Bonchev–Trinajstić information content (AvgIpc) is 2.92. The molecular weight excluding hydrogens is 410 g/mol. The Morgan fingerprint density at radius 3 is 2.48 bits per heavy atom. The van der Waals surface area contributed by atoms with Crippen LogP contribution in [-0.2, 0) is 21.8 Å². The smallest absolute Gasteiger partial charge is 0.322 e. The SMILES string of the molecule is C[C@]1(CCc2ccccc2)NC(=O)N(NC(=O)CSCc2ccc(Cl)cc2)C1=O. The third kappa shape index (κ3) is 5.52. The number of benzene rings is 2. The highest BCUT2D eigenvalue weighted by Gasteiger charge is 2.48. The van der Waals surface area contributed by atoms with E-state index in [4.69, 9.17) is 11.6 Å². The minimum atomic E-state index is -1.04. The third-order valence-electron chi connectivity index (χ3n) is 4.67. The molecule has 1 aliphatic rings. The van der Waals surface area contributed by atoms with Gasteiger partial charge in [0.25, 0.3) is 5.91 Å². The molecule has 1 heterocycles. The summed E-state index contributed by atoms with van der Waals surface area (Å²) in [4.78, 5) is 37.2. The molecule has 0 bridgehead atoms. The van der Waals surface area contributed by atoms with Crippen molar-refractivity contribution >= 4 is 41.2 Å². The van der Waals surface area contributed by atoms with Crippen LogP contribution in [0.5, 0.6) is 0 Å². The molecule has 0 aromatic heterocycles. The molecule has 29 heavy (non-hydrogen) atoms. The zero-order valence-corrected chi connectivity index (χ0v) is 17.6. The number of nitrogens with zero attached hydrogens (tertiary/aromatic N) is 1. The molecule has 1 saturated heterocycles. The summed E-state index contributed by atoms with van der Waals surface area (Å²) in [6.07, 6.45) is 1.08. The lowest BCUT2D eigenvalue weighted by Crippen LogP contribution is -2.49. The number of urea groups is 1. The second kappa shape index (κ2) is 9.33. The first-order chi connectivity index (χ1) is 13.9. The van der Waals surface area contributed by atoms with Crippen molar-refractivity contribution in [3.63, 3.8) is 0 Å². The molecule has 1 aliphatic heterocycles. The first-order valence-corrected chi connectivity index (χ1v) is 10.7. The zero-order chi connectivity index (χ0) is 20.9. The van der Waals surface area contributed by atoms with Gasteiger partial charge < -0.3 is 5.32 Å². The van der Waals surface area contributed by atoms with Gasteiger partial charge in [-0.2, -0.15) is 5.01 Å². The fourth-order valence-corrected chi connectivity index (χ4v) is 3.90. The number of aryl methyl sites for hydroxylation is 1. The van der Waals surface area contributed by atoms with Crippen LogP contribution in [0, 0.1) is 0 Å². The summed E-state index contributed by atoms with van der Waals surface area (Å²) < 4.78 is 0. The number of hydrogen-bond donors (Lipinski definition) is 2. The quantitative estimate of drug-likeness (QED) is 0.626. The van der Waals surface area contributed by atoms with E-state index in [0.717, 1.165) is 16.1 Å². The molecule has 2 aromatic carbocycles. The van der Waals surface area contributed by atoms with Crippen LogP contribution in [-0.4, -0.2) is 34.1 Å². The first kappa shape index (κ1) is 21.2. The highest BCUT2D eigenvalue weighted by molar-refractivity contribution is 7.99. The molecule has 6 nitrogen and oxygen atoms in total. The Bertz CT molecular complexity index is 892. The van der Waals surface area contributed by atoms with Gasteiger partial charge in [-0.15, -0.1) is 11.8 Å². The highest BCUT2D eigenvalue weighted by Crippen LogP contribution is 2.22. The molecule has 0 radical (unpaired) electrons. The average molecular weight is 432 g/mol. The van der Waals surface area contributed by atoms with Gasteiger partial charge >= 0.3 is 6.03 Å². The molecule has 4 amide bonds. The Balaban J connectivity index is 1.49. The maximum atomic E-state index is 12.7. The largest absolute Gasteiger partial charge is 0.344 e. The lowest BCUT2D eigenvalue weighted by atomic mass is 9.93. The van der Waals surface area contributed by atoms with E-state index in [1.54, 1.807) is 19.1 Å². The van der Waals surface area contributed by atoms with Gasteiger partial charge in [-0.3, -0.25) is 15.0 Å². The molecule has 2 aromatic rings. The van der Waals surface area contributed by atoms with Crippen LogP contribution in [0.25, 0.3) is 0 Å². The van der Waals surface area contributed by atoms with Gasteiger partial charge in [0.05, 0.1) is 5.75 Å². The number of amides is 4. The summed E-state index contributed by atoms with van der Waals surface area (Å²) in [5.74, 6) is -0.103. The molecule has 1 fully saturated rings. The standard InChI is InChI=1S/C21H22ClN3O3S/c1-21(12-11-15-5-3-2-4-6-15)19(27)25(20(28)23-21)24-18(26)14-29-13-16-7-9-17(22)10-8-16/h2-10H,11-14H2,1H3,(H,23,28)(H,24,26)/t21-/m1/s1. The van der Waals surface area contributed by atoms with Gasteiger partial charge in [0.2, 0.25) is 5.91 Å². The van der Waals surface area contributed by atoms with Crippen molar-refractivity contribution in [3.05, 3.63) is 70.7 Å². The summed E-state index contributed by atoms with van der Waals surface area (Å²) in [6, 6.07) is 16.5. The molecule has 1 atom stereocenters. The van der Waals surface area contributed by atoms with Crippen LogP contribution >= 0.6 is 23.4 Å². The van der Waals surface area contributed by atoms with Gasteiger partial charge in [0.1, 0.15) is 5.54 Å². The topological polar surface area (TPSA) is 78.5 Å². The number of hydrogen-bond acceptors (Lipinski definition) is 4. The van der Waals surface area contributed by atoms with E-state index in [1.165, 1.54) is 11.8 Å². The third-order valence-corrected chi connectivity index (χ3v) is 5.92. The minimum absolute atomic E-state index is 0.125. The summed E-state index contributed by atoms with van der Waals surface area (Å²) in [6.45, 7) is 1.68. The van der Waals surface area contributed by atoms with Crippen molar-refractivity contribution in [2.24, 2.45) is 0 Å². The fraction of sp³-hybridized carbons (Fsp3) is 0.286. The maximum absolute atomic E-state index is 12.7. The van der Waals surface area contributed by atoms with E-state index in [1.807, 2.05) is 42.5 Å². The molecule has 0 aliphatic carbocycles. The Morgan fingerprint density at radius 2 is 1.79 bits per heavy atom. The lowest BCUT2D eigenvalue weighted by Gasteiger charge is -2.21. The van der Waals surface area contributed by atoms with E-state index < -0.39 is 23.4 Å². The predicted molar refractivity (Wildman–Crippen MR) is 114 cm³/mol. The predicted octanol–water partition coefficient (Wildman–Crippen LogP) is 3.55. The minimum Gasteiger partial charge on any atom is -0.322 e. The van der Waals surface area contributed by atoms with Crippen LogP contribution in [0.4, 0.5) is 4.79 Å². The van der Waals surface area contributed by atoms with Gasteiger partial charge in [0, 0.05) is 10.8 Å². The van der Waals surface area contributed by atoms with E-state index in [2.05, 4.69) is 10.7 Å². The maximum Gasteiger partial charge on any atom is 0.344 e. The normalized spacial score (nSPS) is 18.6. The summed E-state index contributed by atoms with van der Waals surface area (Å²) >= 11 is 7.24. The number of carbonyl (C=O) groups is 3. The van der Waals surface area contributed by atoms with Crippen molar-refractivity contribution in [1.82, 2.24) is 15.8 Å². The molecule has 8 heteroatoms. The Labute approximate surface area is 179 Å². The number of imide groups is 1. The van der Waals surface area contributed by atoms with E-state index in [-0.39, 0.29) is 5.75 Å². The van der Waals surface area contributed by atoms with E-state index in [9.17, 15) is 14.4 Å². The molecule has 0 unspecified atom stereocenters. The van der Waals surface area contributed by atoms with Crippen molar-refractivity contribution in [2.75, 3.05) is 5.75 Å². The summed E-state index contributed by atoms with van der Waals surface area (Å²) in [7, 11) is 0. The van der Waals surface area contributed by atoms with Gasteiger partial charge in [-0.05, 0) is 43.0 Å². The van der Waals surface area contributed by atoms with Crippen molar-refractivity contribution in [3.8, 4) is 0 Å². The van der Waals surface area contributed by atoms with Gasteiger partial charge in [-0.1, -0.05) is 54.1 Å². The highest BCUT2D eigenvalue weighted by atomic mass is 35.5. The molecule has 152 valence electrons. The van der Waals surface area contributed by atoms with Crippen molar-refractivity contribution in [2.45, 2.75) is 31.1 Å². The van der Waals surface area contributed by atoms with Crippen molar-refractivity contribution in [1.29, 1.82) is 0 Å². The van der Waals surface area contributed by atoms with Crippen LogP contribution in [0.3, 0.4) is 0 Å². The van der Waals surface area contributed by atoms with E-state index >= 15 is 0 Å². The van der Waals surface area contributed by atoms with Gasteiger partial charge in [-0.25, -0.2) is 4.79 Å². The Kier molecular flexibility index (Phi) is 6.82. The van der Waals surface area contributed by atoms with Crippen LogP contribution in [0.1, 0.15) is 24.5 Å². The summed E-state index contributed by atoms with van der Waals surface area (Å²) in [5, 5.41) is 4.14. The second-order valence-corrected chi connectivity index (χ2v) is 8.46. The number of rotatable bonds is 8. The van der Waals surface area contributed by atoms with Crippen LogP contribution in [0.15, 0.2) is 54.6 Å². The fourth-order valence-electron chi connectivity index (χ4n) is 2.99. The number of hydrazine groups is 1. The molecule has 3 rings (SSSR count). The molecule has 0 spiro atoms. The van der Waals surface area contributed by atoms with Crippen LogP contribution < -0.4 is 10.7 Å². The second-order valence-electron chi connectivity index (χ2n) is 7.04. The molecule has 0 saturated carbocycles. The van der Waals surface area contributed by atoms with Crippen LogP contribution in [0.2, 0.25) is 5.02 Å². The molecule has 2 N–H and O–H groups in total. The Hall–Kier alpha value is -2.51. The first-order valence-electron chi connectivity index (χ1n) is 9.20. The van der Waals surface area contributed by atoms with Crippen molar-refractivity contribution < 1.29 is 14.4 Å². The Morgan fingerprint density at radius 1 is 1.10 bits per heavy atom. The lowest BCUT2D eigenvalue weighted by molar-refractivity contribution is -0.138. The van der Waals surface area contributed by atoms with E-state index in [0.29, 0.717) is 23.6 Å². The summed E-state index contributed by atoms with van der Waals surface area (Å²) in [5.41, 5.74) is 3.49. The number of thioether (sulfide) groups is 1. The number of halogens is 1. The number of nitrogens with one attached hydrogen (secondary N) is 2. The molecular formula is C21H22ClN3O3S. The zero-order valence-electron chi connectivity index (χ0n) is 16.0. The monoisotopic (exact) mass is 431 g/mol. The van der Waals surface area contributed by atoms with Gasteiger partial charge in [0.15, 0.2) is 0 Å².